The predicted octanol–water partition coefficient (Wildman–Crippen LogP) is 2.71. The van der Waals surface area contributed by atoms with Crippen molar-refractivity contribution in [2.45, 2.75) is 60.8 Å². The summed E-state index contributed by atoms with van der Waals surface area (Å²) in [6.45, 7) is 13.7. The molecule has 0 atom stereocenters. The zero-order valence-electron chi connectivity index (χ0n) is 16.7. The van der Waals surface area contributed by atoms with Gasteiger partial charge in [-0.1, -0.05) is 48.0 Å². The van der Waals surface area contributed by atoms with Gasteiger partial charge >= 0.3 is 21.1 Å². The van der Waals surface area contributed by atoms with E-state index in [2.05, 4.69) is 41.5 Å². The van der Waals surface area contributed by atoms with E-state index >= 15 is 0 Å². The number of carboxylic acids is 2. The largest absolute Gasteiger partial charge is 2.00 e. The molecule has 1 aliphatic rings. The summed E-state index contributed by atoms with van der Waals surface area (Å²) in [5.41, 5.74) is -1.67. The summed E-state index contributed by atoms with van der Waals surface area (Å²) in [4.78, 5) is 20.4. The molecule has 0 aromatic rings. The Morgan fingerprint density at radius 1 is 0.720 bits per heavy atom. The van der Waals surface area contributed by atoms with Gasteiger partial charge < -0.3 is 19.8 Å². The number of hydrogen-bond donors (Lipinski definition) is 0. The third-order valence-corrected chi connectivity index (χ3v) is 10.0. The van der Waals surface area contributed by atoms with E-state index in [0.717, 1.165) is 0 Å². The maximum Gasteiger partial charge on any atom is 2.00 e. The summed E-state index contributed by atoms with van der Waals surface area (Å²) >= 11 is 0. The smallest absolute Gasteiger partial charge is 0.549 e. The molecule has 0 N–H and O–H groups in total. The van der Waals surface area contributed by atoms with E-state index in [4.69, 9.17) is 0 Å². The first-order valence-corrected chi connectivity index (χ1v) is 13.0. The van der Waals surface area contributed by atoms with Gasteiger partial charge in [0, 0.05) is 5.41 Å². The summed E-state index contributed by atoms with van der Waals surface area (Å²) in [6.07, 6.45) is 9.44. The zero-order chi connectivity index (χ0) is 19.2. The van der Waals surface area contributed by atoms with Crippen LogP contribution < -0.4 is 10.2 Å². The number of hydrogen-bond acceptors (Lipinski definition) is 4. The monoisotopic (exact) mass is 573 g/mol. The molecule has 0 aliphatic heterocycles. The van der Waals surface area contributed by atoms with E-state index in [1.807, 2.05) is 0 Å². The van der Waals surface area contributed by atoms with Crippen LogP contribution in [-0.2, 0) is 30.7 Å². The van der Waals surface area contributed by atoms with Crippen LogP contribution in [-0.4, -0.2) is 48.9 Å². The summed E-state index contributed by atoms with van der Waals surface area (Å²) in [7, 11) is 0.892. The molecule has 0 saturated heterocycles. The van der Waals surface area contributed by atoms with Crippen molar-refractivity contribution in [2.24, 2.45) is 5.41 Å². The minimum Gasteiger partial charge on any atom is -0.549 e. The van der Waals surface area contributed by atoms with Gasteiger partial charge in [-0.15, -0.1) is 15.8 Å². The van der Waals surface area contributed by atoms with E-state index in [1.54, 1.807) is 0 Å². The number of carboxylic acid groups (broad SMARTS) is 2. The van der Waals surface area contributed by atoms with Crippen molar-refractivity contribution in [2.75, 3.05) is 37.0 Å². The maximum absolute atomic E-state index is 10.2. The maximum atomic E-state index is 10.2. The van der Waals surface area contributed by atoms with Gasteiger partial charge in [0.05, 0.1) is 11.9 Å². The average Bonchev–Trinajstić information content (AvgIpc) is 2.50. The molecule has 0 heterocycles. The van der Waals surface area contributed by atoms with Crippen molar-refractivity contribution >= 4 is 27.8 Å². The van der Waals surface area contributed by atoms with Crippen molar-refractivity contribution < 1.29 is 40.9 Å². The van der Waals surface area contributed by atoms with Gasteiger partial charge in [-0.3, -0.25) is 0 Å². The molecular weight excluding hydrogens is 537 g/mol. The number of carbonyl (C=O) groups is 2. The van der Waals surface area contributed by atoms with E-state index in [1.165, 1.54) is 37.0 Å². The SMILES string of the molecule is CCP(CC)CC.CCP(CC)CC.O=C([O-])C1(C(=O)[O-])CCC1.[Pt+2]. The van der Waals surface area contributed by atoms with Gasteiger partial charge in [-0.25, -0.2) is 0 Å². The molecule has 7 heteroatoms. The van der Waals surface area contributed by atoms with Crippen LogP contribution in [0.4, 0.5) is 0 Å². The molecule has 1 rings (SSSR count). The molecular formula is C18H36O4P2Pt. The van der Waals surface area contributed by atoms with Crippen molar-refractivity contribution in [3.8, 4) is 0 Å². The van der Waals surface area contributed by atoms with Crippen LogP contribution in [0.2, 0.25) is 0 Å². The second-order valence-corrected chi connectivity index (χ2v) is 12.2. The van der Waals surface area contributed by atoms with E-state index < -0.39 is 17.4 Å². The Bertz CT molecular complexity index is 303. The second-order valence-electron chi connectivity index (χ2n) is 5.75. The van der Waals surface area contributed by atoms with Crippen LogP contribution in [0.5, 0.6) is 0 Å². The van der Waals surface area contributed by atoms with E-state index in [-0.39, 0.29) is 33.9 Å². The predicted molar refractivity (Wildman–Crippen MR) is 103 cm³/mol. The number of rotatable bonds is 8. The molecule has 0 aromatic carbocycles. The molecule has 152 valence electrons. The van der Waals surface area contributed by atoms with Gasteiger partial charge in [0.15, 0.2) is 0 Å². The van der Waals surface area contributed by atoms with Crippen LogP contribution >= 0.6 is 15.8 Å². The summed E-state index contributed by atoms with van der Waals surface area (Å²) in [6, 6.07) is 0. The molecule has 25 heavy (non-hydrogen) atoms. The van der Waals surface area contributed by atoms with Crippen LogP contribution in [0.3, 0.4) is 0 Å². The van der Waals surface area contributed by atoms with E-state index in [0.29, 0.717) is 22.3 Å². The van der Waals surface area contributed by atoms with Gasteiger partial charge in [0.25, 0.3) is 0 Å². The van der Waals surface area contributed by atoms with Crippen LogP contribution in [0.15, 0.2) is 0 Å². The van der Waals surface area contributed by atoms with Gasteiger partial charge in [0.2, 0.25) is 0 Å². The fourth-order valence-electron chi connectivity index (χ4n) is 2.36. The summed E-state index contributed by atoms with van der Waals surface area (Å²) in [5, 5.41) is 20.4. The second kappa shape index (κ2) is 17.9. The fraction of sp³-hybridized carbons (Fsp3) is 0.889. The Morgan fingerprint density at radius 2 is 0.960 bits per heavy atom. The summed E-state index contributed by atoms with van der Waals surface area (Å²) < 4.78 is 0. The molecule has 4 nitrogen and oxygen atoms in total. The first kappa shape index (κ1) is 30.2. The van der Waals surface area contributed by atoms with E-state index in [9.17, 15) is 19.8 Å². The fourth-order valence-corrected chi connectivity index (χ4v) is 5.05. The first-order chi connectivity index (χ1) is 11.3. The molecule has 0 radical (unpaired) electrons. The Morgan fingerprint density at radius 3 is 0.960 bits per heavy atom. The van der Waals surface area contributed by atoms with Crippen molar-refractivity contribution in [3.63, 3.8) is 0 Å². The normalized spacial score (nSPS) is 14.2. The minimum atomic E-state index is -1.67. The zero-order valence-corrected chi connectivity index (χ0v) is 20.8. The van der Waals surface area contributed by atoms with Crippen molar-refractivity contribution in [1.29, 1.82) is 0 Å². The molecule has 0 aromatic heterocycles. The molecule has 0 unspecified atom stereocenters. The molecule has 1 fully saturated rings. The van der Waals surface area contributed by atoms with Gasteiger partial charge in [0.1, 0.15) is 0 Å². The number of aliphatic carboxylic acids is 2. The standard InChI is InChI=1S/C6H8O4.2C6H15P.Pt/c7-4(8)6(5(9)10)2-1-3-6;2*1-4-7(5-2)6-3;/h1-3H2,(H,7,8)(H,9,10);2*4-6H2,1-3H3;/q;;;+2/p-2. The molecule has 0 spiro atoms. The van der Waals surface area contributed by atoms with Crippen LogP contribution in [0, 0.1) is 5.41 Å². The molecule has 0 amide bonds. The van der Waals surface area contributed by atoms with Gasteiger partial charge in [-0.05, 0) is 49.8 Å². The Labute approximate surface area is 171 Å². The minimum absolute atomic E-state index is 0. The van der Waals surface area contributed by atoms with Crippen molar-refractivity contribution in [1.82, 2.24) is 0 Å². The molecule has 0 bridgehead atoms. The van der Waals surface area contributed by atoms with Crippen LogP contribution in [0.25, 0.3) is 0 Å². The third kappa shape index (κ3) is 11.7. The molecule has 1 saturated carbocycles. The average molecular weight is 574 g/mol. The quantitative estimate of drug-likeness (QED) is 0.331. The Balaban J connectivity index is -0.000000293. The summed E-state index contributed by atoms with van der Waals surface area (Å²) in [5.74, 6) is -3.03. The Hall–Kier alpha value is 0.488. The third-order valence-electron chi connectivity index (χ3n) is 4.67. The topological polar surface area (TPSA) is 80.3 Å². The Kier molecular flexibility index (Phi) is 21.6. The van der Waals surface area contributed by atoms with Crippen molar-refractivity contribution in [3.05, 3.63) is 0 Å². The van der Waals surface area contributed by atoms with Crippen LogP contribution in [0.1, 0.15) is 60.8 Å². The first-order valence-electron chi connectivity index (χ1n) is 9.16. The van der Waals surface area contributed by atoms with Gasteiger partial charge in [-0.2, -0.15) is 0 Å². The molecule has 1 aliphatic carbocycles. The number of carbonyl (C=O) groups excluding carboxylic acids is 2.